The Hall–Kier alpha value is -3.35. The maximum atomic E-state index is 12.5. The summed E-state index contributed by atoms with van der Waals surface area (Å²) in [6.07, 6.45) is 0.653. The number of nitrogens with one attached hydrogen (secondary N) is 1. The van der Waals surface area contributed by atoms with Gasteiger partial charge < -0.3 is 24.6 Å². The number of carbonyl (C=O) groups excluding carboxylic acids is 1. The van der Waals surface area contributed by atoms with Crippen LogP contribution in [-0.4, -0.2) is 50.1 Å². The molecule has 3 aromatic rings. The summed E-state index contributed by atoms with van der Waals surface area (Å²) in [5, 5.41) is 14.0. The molecule has 0 aliphatic heterocycles. The molecule has 3 aromatic carbocycles. The largest absolute Gasteiger partial charge is 0.497 e. The van der Waals surface area contributed by atoms with Crippen molar-refractivity contribution >= 4 is 5.97 Å². The molecule has 0 radical (unpaired) electrons. The molecule has 0 saturated carbocycles. The molecule has 6 nitrogen and oxygen atoms in total. The van der Waals surface area contributed by atoms with Crippen LogP contribution in [0.4, 0.5) is 0 Å². The summed E-state index contributed by atoms with van der Waals surface area (Å²) in [7, 11) is 3.06. The Morgan fingerprint density at radius 3 is 2.31 bits per heavy atom. The molecule has 6 heteroatoms. The number of hydrogen-bond acceptors (Lipinski definition) is 6. The average Bonchev–Trinajstić information content (AvgIpc) is 2.90. The van der Waals surface area contributed by atoms with Crippen LogP contribution in [0.1, 0.15) is 36.5 Å². The van der Waals surface area contributed by atoms with Crippen LogP contribution in [0.5, 0.6) is 11.5 Å². The van der Waals surface area contributed by atoms with Gasteiger partial charge in [-0.3, -0.25) is 4.79 Å². The van der Waals surface area contributed by atoms with Gasteiger partial charge in [-0.25, -0.2) is 0 Å². The number of rotatable bonds is 13. The molecule has 0 fully saturated rings. The Balaban J connectivity index is 1.54. The first-order chi connectivity index (χ1) is 17.3. The molecule has 2 atom stereocenters. The third-order valence-electron chi connectivity index (χ3n) is 6.09. The maximum absolute atomic E-state index is 12.5. The van der Waals surface area contributed by atoms with Crippen molar-refractivity contribution in [3.05, 3.63) is 95.6 Å². The number of carbonyl (C=O) groups is 1. The summed E-state index contributed by atoms with van der Waals surface area (Å²) in [5.74, 6) is 0.704. The highest BCUT2D eigenvalue weighted by molar-refractivity contribution is 5.78. The van der Waals surface area contributed by atoms with Gasteiger partial charge in [-0.1, -0.05) is 54.6 Å². The lowest BCUT2D eigenvalue weighted by Crippen LogP contribution is -2.46. The molecule has 0 aliphatic rings. The topological polar surface area (TPSA) is 77.0 Å². The highest BCUT2D eigenvalue weighted by Crippen LogP contribution is 2.26. The van der Waals surface area contributed by atoms with E-state index in [4.69, 9.17) is 14.2 Å². The van der Waals surface area contributed by atoms with Gasteiger partial charge >= 0.3 is 5.97 Å². The number of benzene rings is 3. The molecule has 0 aliphatic carbocycles. The Morgan fingerprint density at radius 2 is 1.64 bits per heavy atom. The first-order valence-electron chi connectivity index (χ1n) is 12.2. The zero-order valence-electron chi connectivity index (χ0n) is 21.6. The van der Waals surface area contributed by atoms with Crippen LogP contribution in [0, 0.1) is 0 Å². The number of methoxy groups -OCH3 is 2. The van der Waals surface area contributed by atoms with E-state index >= 15 is 0 Å². The summed E-state index contributed by atoms with van der Waals surface area (Å²) in [5.41, 5.74) is 2.85. The molecule has 0 amide bonds. The summed E-state index contributed by atoms with van der Waals surface area (Å²) in [4.78, 5) is 12.5. The van der Waals surface area contributed by atoms with Gasteiger partial charge in [0.15, 0.2) is 0 Å². The van der Waals surface area contributed by atoms with Crippen molar-refractivity contribution in [1.29, 1.82) is 0 Å². The van der Waals surface area contributed by atoms with Crippen LogP contribution in [-0.2, 0) is 22.4 Å². The number of aliphatic hydroxyl groups is 1. The van der Waals surface area contributed by atoms with Crippen LogP contribution in [0.2, 0.25) is 0 Å². The smallest absolute Gasteiger partial charge is 0.313 e. The van der Waals surface area contributed by atoms with E-state index in [1.165, 1.54) is 12.7 Å². The van der Waals surface area contributed by atoms with Crippen molar-refractivity contribution in [3.8, 4) is 11.5 Å². The van der Waals surface area contributed by atoms with Gasteiger partial charge in [-0.2, -0.15) is 0 Å². The molecular formula is C30H37NO5. The van der Waals surface area contributed by atoms with E-state index in [2.05, 4.69) is 19.2 Å². The SMILES string of the molecule is COC(=O)[C@H](Cc1ccccc1)c1cccc(OC[C@H](O)CNC(C)(C)Cc2ccc(OC)cc2)c1. The lowest BCUT2D eigenvalue weighted by atomic mass is 9.92. The second kappa shape index (κ2) is 13.1. The first kappa shape index (κ1) is 27.2. The predicted octanol–water partition coefficient (Wildman–Crippen LogP) is 4.55. The van der Waals surface area contributed by atoms with Gasteiger partial charge in [-0.05, 0) is 67.6 Å². The van der Waals surface area contributed by atoms with E-state index in [1.807, 2.05) is 78.9 Å². The van der Waals surface area contributed by atoms with Crippen molar-refractivity contribution < 1.29 is 24.1 Å². The highest BCUT2D eigenvalue weighted by Gasteiger charge is 2.23. The molecule has 0 unspecified atom stereocenters. The second-order valence-electron chi connectivity index (χ2n) is 9.59. The van der Waals surface area contributed by atoms with Crippen molar-refractivity contribution in [2.24, 2.45) is 0 Å². The highest BCUT2D eigenvalue weighted by atomic mass is 16.5. The summed E-state index contributed by atoms with van der Waals surface area (Å²) < 4.78 is 16.2. The van der Waals surface area contributed by atoms with Crippen LogP contribution in [0.3, 0.4) is 0 Å². The number of esters is 1. The second-order valence-corrected chi connectivity index (χ2v) is 9.59. The van der Waals surface area contributed by atoms with Crippen LogP contribution in [0.15, 0.2) is 78.9 Å². The molecule has 0 saturated heterocycles. The van der Waals surface area contributed by atoms with Crippen molar-refractivity contribution in [3.63, 3.8) is 0 Å². The van der Waals surface area contributed by atoms with E-state index < -0.39 is 12.0 Å². The molecule has 3 rings (SSSR count). The zero-order chi connectivity index (χ0) is 26.0. The van der Waals surface area contributed by atoms with Crippen molar-refractivity contribution in [1.82, 2.24) is 5.32 Å². The van der Waals surface area contributed by atoms with E-state index in [0.29, 0.717) is 18.7 Å². The first-order valence-corrected chi connectivity index (χ1v) is 12.2. The summed E-state index contributed by atoms with van der Waals surface area (Å²) in [6, 6.07) is 25.3. The minimum Gasteiger partial charge on any atom is -0.497 e. The fourth-order valence-electron chi connectivity index (χ4n) is 4.11. The van der Waals surface area contributed by atoms with Gasteiger partial charge in [0, 0.05) is 12.1 Å². The number of aliphatic hydroxyl groups excluding tert-OH is 1. The van der Waals surface area contributed by atoms with Crippen molar-refractivity contribution in [2.45, 2.75) is 44.2 Å². The minimum absolute atomic E-state index is 0.136. The summed E-state index contributed by atoms with van der Waals surface area (Å²) in [6.45, 7) is 4.74. The van der Waals surface area contributed by atoms with Gasteiger partial charge in [0.05, 0.1) is 20.1 Å². The Morgan fingerprint density at radius 1 is 0.917 bits per heavy atom. The summed E-state index contributed by atoms with van der Waals surface area (Å²) >= 11 is 0. The van der Waals surface area contributed by atoms with Crippen LogP contribution >= 0.6 is 0 Å². The average molecular weight is 492 g/mol. The standard InChI is InChI=1S/C30H37NO5/c1-30(2,19-23-13-15-26(34-3)16-14-23)31-20-25(32)21-36-27-12-8-11-24(18-27)28(29(33)35-4)17-22-9-6-5-7-10-22/h5-16,18,25,28,31-32H,17,19-21H2,1-4H3/t25-,28-/m1/s1. The fraction of sp³-hybridized carbons (Fsp3) is 0.367. The molecule has 0 spiro atoms. The maximum Gasteiger partial charge on any atom is 0.313 e. The molecule has 0 aromatic heterocycles. The number of hydrogen-bond donors (Lipinski definition) is 2. The van der Waals surface area contributed by atoms with Gasteiger partial charge in [0.2, 0.25) is 0 Å². The Labute approximate surface area is 214 Å². The van der Waals surface area contributed by atoms with Gasteiger partial charge in [0.25, 0.3) is 0 Å². The Bertz CT molecular complexity index is 1080. The molecule has 0 heterocycles. The molecular weight excluding hydrogens is 454 g/mol. The molecule has 36 heavy (non-hydrogen) atoms. The third-order valence-corrected chi connectivity index (χ3v) is 6.09. The molecule has 2 N–H and O–H groups in total. The van der Waals surface area contributed by atoms with Crippen LogP contribution in [0.25, 0.3) is 0 Å². The van der Waals surface area contributed by atoms with E-state index in [1.54, 1.807) is 7.11 Å². The molecule has 0 bridgehead atoms. The van der Waals surface area contributed by atoms with Gasteiger partial charge in [-0.15, -0.1) is 0 Å². The lowest BCUT2D eigenvalue weighted by molar-refractivity contribution is -0.142. The number of β-amino-alcohol motifs (C(OH)–C–C–N with tert-alkyl or cyclic N) is 1. The van der Waals surface area contributed by atoms with Gasteiger partial charge in [0.1, 0.15) is 24.2 Å². The zero-order valence-corrected chi connectivity index (χ0v) is 21.6. The quantitative estimate of drug-likeness (QED) is 0.342. The van der Waals surface area contributed by atoms with E-state index in [-0.39, 0.29) is 18.1 Å². The predicted molar refractivity (Wildman–Crippen MR) is 142 cm³/mol. The Kier molecular flexibility index (Phi) is 9.91. The normalized spacial score (nSPS) is 13.0. The van der Waals surface area contributed by atoms with Crippen molar-refractivity contribution in [2.75, 3.05) is 27.4 Å². The molecule has 192 valence electrons. The third kappa shape index (κ3) is 8.40. The fourth-order valence-corrected chi connectivity index (χ4v) is 4.11. The minimum atomic E-state index is -0.690. The lowest BCUT2D eigenvalue weighted by Gasteiger charge is -2.28. The monoisotopic (exact) mass is 491 g/mol. The van der Waals surface area contributed by atoms with Crippen LogP contribution < -0.4 is 14.8 Å². The number of ether oxygens (including phenoxy) is 3. The van der Waals surface area contributed by atoms with E-state index in [9.17, 15) is 9.90 Å². The van der Waals surface area contributed by atoms with E-state index in [0.717, 1.165) is 23.3 Å².